The molecule has 4 aliphatic rings. The van der Waals surface area contributed by atoms with Crippen molar-refractivity contribution >= 4 is 17.7 Å². The number of hydrogen-bond acceptors (Lipinski definition) is 16. The van der Waals surface area contributed by atoms with Crippen LogP contribution in [0.25, 0.3) is 0 Å². The zero-order valence-corrected chi connectivity index (χ0v) is 61.8. The van der Waals surface area contributed by atoms with Crippen LogP contribution in [-0.4, -0.2) is 127 Å². The Morgan fingerprint density at radius 3 is 1.44 bits per heavy atom. The SMILES string of the molecule is CCCCCCCCCCCCS[C@@H]1O[C@H](C)[C@@H](OCc2ccccc2)[C@H](OCc2ccccc2)[C@H]1OC(=O)CCCCCCCCC[C@H](CCCCC)O[C@@H]1O[C@H](C)[C@@H]2OC(C)(C)O[C@@H]2[C@H]1O[C@@H]1O[C@H](COCc2ccccc2)[C@@H](OCc2ccccc2)[C@H](OCc2ccccc2)[C@H]1O. The molecule has 552 valence electrons. The van der Waals surface area contributed by atoms with E-state index in [1.165, 1.54) is 57.8 Å². The highest BCUT2D eigenvalue weighted by Gasteiger charge is 2.58. The Bertz CT molecular complexity index is 2930. The van der Waals surface area contributed by atoms with E-state index < -0.39 is 79.4 Å². The number of rotatable bonds is 47. The van der Waals surface area contributed by atoms with Crippen molar-refractivity contribution in [2.45, 2.75) is 325 Å². The molecular formula is C84H120O15S. The maximum absolute atomic E-state index is 14.1. The zero-order chi connectivity index (χ0) is 70.0. The van der Waals surface area contributed by atoms with Crippen molar-refractivity contribution in [1.29, 1.82) is 0 Å². The highest BCUT2D eigenvalue weighted by molar-refractivity contribution is 7.99. The molecule has 4 heterocycles. The monoisotopic (exact) mass is 1400 g/mol. The van der Waals surface area contributed by atoms with Gasteiger partial charge in [-0.3, -0.25) is 4.79 Å². The number of benzene rings is 5. The van der Waals surface area contributed by atoms with E-state index in [1.807, 2.05) is 148 Å². The second-order valence-electron chi connectivity index (χ2n) is 28.4. The van der Waals surface area contributed by atoms with Gasteiger partial charge in [-0.15, -0.1) is 11.8 Å². The lowest BCUT2D eigenvalue weighted by Crippen LogP contribution is -2.64. The Morgan fingerprint density at radius 1 is 0.460 bits per heavy atom. The number of fused-ring (bicyclic) bond motifs is 1. The summed E-state index contributed by atoms with van der Waals surface area (Å²) in [5, 5.41) is 12.7. The minimum absolute atomic E-state index is 0.131. The van der Waals surface area contributed by atoms with Gasteiger partial charge in [0.15, 0.2) is 24.5 Å². The quantitative estimate of drug-likeness (QED) is 0.0289. The number of unbranched alkanes of at least 4 members (excludes halogenated alkanes) is 17. The van der Waals surface area contributed by atoms with Crippen LogP contribution in [0, 0.1) is 0 Å². The van der Waals surface area contributed by atoms with Crippen LogP contribution >= 0.6 is 11.8 Å². The molecule has 16 heteroatoms. The van der Waals surface area contributed by atoms with Crippen LogP contribution in [0.15, 0.2) is 152 Å². The number of ether oxygens (including phenoxy) is 13. The van der Waals surface area contributed by atoms with E-state index in [0.717, 1.165) is 117 Å². The van der Waals surface area contributed by atoms with Gasteiger partial charge in [-0.1, -0.05) is 281 Å². The van der Waals surface area contributed by atoms with Gasteiger partial charge in [0.25, 0.3) is 0 Å². The topological polar surface area (TPSA) is 157 Å². The minimum Gasteiger partial charge on any atom is -0.456 e. The summed E-state index contributed by atoms with van der Waals surface area (Å²) >= 11 is 1.75. The molecule has 0 aliphatic carbocycles. The minimum atomic E-state index is -1.31. The first-order valence-corrected chi connectivity index (χ1v) is 39.4. The Balaban J connectivity index is 0.803. The van der Waals surface area contributed by atoms with E-state index in [4.69, 9.17) is 61.6 Å². The van der Waals surface area contributed by atoms with Crippen LogP contribution in [0.2, 0.25) is 0 Å². The average molecular weight is 1400 g/mol. The lowest BCUT2D eigenvalue weighted by Gasteiger charge is -2.47. The van der Waals surface area contributed by atoms with Crippen molar-refractivity contribution in [2.24, 2.45) is 0 Å². The van der Waals surface area contributed by atoms with Gasteiger partial charge in [0.2, 0.25) is 0 Å². The standard InChI is InChI=1S/C84H120O15S/c1-7-9-11-12-13-14-15-19-22-41-55-100-83-80(77(91-60-68-50-37-27-38-51-68)73(62(3)93-83)88-57-65-44-31-24-32-45-65)96-71(85)54-40-21-18-16-17-20-39-53-69(52-28-10-8-2)94-82-79(78-74(63(4)92-82)98-84(5,6)99-78)97-81-72(86)76(90-59-67-48-35-26-36-49-67)75(89-58-66-46-33-25-34-47-66)70(95-81)61-87-56-64-42-29-23-30-43-64/h23-27,29-38,42-51,62-63,69-70,72-83,86H,7-22,28,39-41,52-61H2,1-6H3/t62-,63-,69+,70-,72-,73-,74+,75-,76-,77+,78+,79-,80-,81+,82+,83+/m1/s1. The van der Waals surface area contributed by atoms with Gasteiger partial charge in [0, 0.05) is 6.42 Å². The predicted octanol–water partition coefficient (Wildman–Crippen LogP) is 18.1. The van der Waals surface area contributed by atoms with Crippen LogP contribution in [-0.2, 0) is 99.4 Å². The van der Waals surface area contributed by atoms with E-state index >= 15 is 0 Å². The molecule has 16 atom stereocenters. The first kappa shape index (κ1) is 79.5. The molecule has 0 amide bonds. The molecule has 100 heavy (non-hydrogen) atoms. The smallest absolute Gasteiger partial charge is 0.306 e. The maximum Gasteiger partial charge on any atom is 0.306 e. The fourth-order valence-corrected chi connectivity index (χ4v) is 15.4. The molecule has 4 saturated heterocycles. The molecule has 15 nitrogen and oxygen atoms in total. The van der Waals surface area contributed by atoms with E-state index in [0.29, 0.717) is 26.2 Å². The van der Waals surface area contributed by atoms with Crippen molar-refractivity contribution in [3.8, 4) is 0 Å². The molecule has 5 aromatic carbocycles. The molecule has 0 aromatic heterocycles. The number of carbonyl (C=O) groups excluding carboxylic acids is 1. The molecule has 1 N–H and O–H groups in total. The summed E-state index contributed by atoms with van der Waals surface area (Å²) < 4.78 is 88.1. The van der Waals surface area contributed by atoms with Crippen LogP contribution < -0.4 is 0 Å². The number of aliphatic hydroxyl groups is 1. The fourth-order valence-electron chi connectivity index (χ4n) is 14.1. The summed E-state index contributed by atoms with van der Waals surface area (Å²) in [6, 6.07) is 50.3. The number of thioether (sulfide) groups is 1. The largest absolute Gasteiger partial charge is 0.456 e. The lowest BCUT2D eigenvalue weighted by molar-refractivity contribution is -0.368. The molecule has 5 aromatic rings. The summed E-state index contributed by atoms with van der Waals surface area (Å²) in [5.41, 5.74) is 4.66. The Kier molecular flexibility index (Phi) is 35.2. The summed E-state index contributed by atoms with van der Waals surface area (Å²) in [6.07, 6.45) is 14.6. The summed E-state index contributed by atoms with van der Waals surface area (Å²) in [7, 11) is 0. The van der Waals surface area contributed by atoms with Gasteiger partial charge in [-0.05, 0) is 86.9 Å². The van der Waals surface area contributed by atoms with Gasteiger partial charge in [0.05, 0.1) is 58.0 Å². The Labute approximate surface area is 603 Å². The Morgan fingerprint density at radius 2 is 0.900 bits per heavy atom. The number of hydrogen-bond donors (Lipinski definition) is 1. The predicted molar refractivity (Wildman–Crippen MR) is 393 cm³/mol. The lowest BCUT2D eigenvalue weighted by atomic mass is 9.96. The van der Waals surface area contributed by atoms with Crippen molar-refractivity contribution < 1.29 is 71.5 Å². The molecule has 0 saturated carbocycles. The zero-order valence-electron chi connectivity index (χ0n) is 61.0. The molecule has 4 fully saturated rings. The fraction of sp³-hybridized carbons (Fsp3) is 0.631. The molecule has 0 unspecified atom stereocenters. The third-order valence-corrected chi connectivity index (χ3v) is 20.9. The highest BCUT2D eigenvalue weighted by Crippen LogP contribution is 2.42. The van der Waals surface area contributed by atoms with E-state index in [9.17, 15) is 9.90 Å². The maximum atomic E-state index is 14.1. The van der Waals surface area contributed by atoms with E-state index in [-0.39, 0.29) is 49.5 Å². The third kappa shape index (κ3) is 26.5. The Hall–Kier alpha value is -4.60. The van der Waals surface area contributed by atoms with Gasteiger partial charge in [-0.25, -0.2) is 0 Å². The number of aliphatic hydroxyl groups excluding tert-OH is 1. The molecular weight excluding hydrogens is 1280 g/mol. The van der Waals surface area contributed by atoms with Crippen molar-refractivity contribution in [1.82, 2.24) is 0 Å². The van der Waals surface area contributed by atoms with Crippen LogP contribution in [0.5, 0.6) is 0 Å². The second kappa shape index (κ2) is 44.3. The third-order valence-electron chi connectivity index (χ3n) is 19.6. The molecule has 9 rings (SSSR count). The summed E-state index contributed by atoms with van der Waals surface area (Å²) in [4.78, 5) is 14.1. The van der Waals surface area contributed by atoms with Crippen molar-refractivity contribution in [3.05, 3.63) is 179 Å². The van der Waals surface area contributed by atoms with Crippen LogP contribution in [0.1, 0.15) is 217 Å². The normalized spacial score (nSPS) is 26.9. The van der Waals surface area contributed by atoms with Gasteiger partial charge >= 0.3 is 5.97 Å². The van der Waals surface area contributed by atoms with E-state index in [1.54, 1.807) is 11.8 Å². The highest BCUT2D eigenvalue weighted by atomic mass is 32.2. The summed E-state index contributed by atoms with van der Waals surface area (Å²) in [5.74, 6) is -0.244. The average Bonchev–Trinajstić information content (AvgIpc) is 1.52. The van der Waals surface area contributed by atoms with E-state index in [2.05, 4.69) is 45.0 Å². The first-order chi connectivity index (χ1) is 48.9. The molecule has 0 bridgehead atoms. The van der Waals surface area contributed by atoms with Crippen molar-refractivity contribution in [2.75, 3.05) is 12.4 Å². The molecule has 4 aliphatic heterocycles. The van der Waals surface area contributed by atoms with Gasteiger partial charge in [-0.2, -0.15) is 0 Å². The van der Waals surface area contributed by atoms with Crippen LogP contribution in [0.4, 0.5) is 0 Å². The van der Waals surface area contributed by atoms with Gasteiger partial charge in [0.1, 0.15) is 60.4 Å². The number of carbonyl (C=O) groups is 1. The first-order valence-electron chi connectivity index (χ1n) is 38.3. The van der Waals surface area contributed by atoms with Crippen LogP contribution in [0.3, 0.4) is 0 Å². The number of esters is 1. The summed E-state index contributed by atoms with van der Waals surface area (Å²) in [6.45, 7) is 14.1. The van der Waals surface area contributed by atoms with Crippen molar-refractivity contribution in [3.63, 3.8) is 0 Å². The van der Waals surface area contributed by atoms with Gasteiger partial charge < -0.3 is 66.7 Å². The molecule has 0 spiro atoms. The molecule has 0 radical (unpaired) electrons. The second-order valence-corrected chi connectivity index (χ2v) is 29.6.